The summed E-state index contributed by atoms with van der Waals surface area (Å²) in [5, 5.41) is 2.91. The number of rotatable bonds is 5. The lowest BCUT2D eigenvalue weighted by Crippen LogP contribution is -2.11. The van der Waals surface area contributed by atoms with Crippen molar-refractivity contribution in [2.75, 3.05) is 20.8 Å². The summed E-state index contributed by atoms with van der Waals surface area (Å²) in [6, 6.07) is 0. The van der Waals surface area contributed by atoms with E-state index in [1.54, 1.807) is 6.08 Å². The van der Waals surface area contributed by atoms with Gasteiger partial charge in [0, 0.05) is 20.8 Å². The highest BCUT2D eigenvalue weighted by Crippen LogP contribution is 2.41. The van der Waals surface area contributed by atoms with Gasteiger partial charge in [-0.3, -0.25) is 0 Å². The largest absolute Gasteiger partial charge is 0.321 e. The molecule has 0 radical (unpaired) electrons. The third-order valence-corrected chi connectivity index (χ3v) is 3.72. The van der Waals surface area contributed by atoms with Gasteiger partial charge < -0.3 is 9.05 Å². The predicted molar refractivity (Wildman–Crippen MR) is 46.5 cm³/mol. The van der Waals surface area contributed by atoms with Crippen LogP contribution in [-0.2, 0) is 20.9 Å². The van der Waals surface area contributed by atoms with Gasteiger partial charge in [-0.05, 0) is 11.8 Å². The van der Waals surface area contributed by atoms with Crippen LogP contribution in [0.25, 0.3) is 0 Å². The summed E-state index contributed by atoms with van der Waals surface area (Å²) in [4.78, 5) is 0. The van der Waals surface area contributed by atoms with Crippen molar-refractivity contribution >= 4 is 18.4 Å². The predicted octanol–water partition coefficient (Wildman–Crippen LogP) is 1.28. The van der Waals surface area contributed by atoms with E-state index in [0.29, 0.717) is 6.54 Å². The molecule has 0 spiro atoms. The Kier molecular flexibility index (Phi) is 5.13. The van der Waals surface area contributed by atoms with Crippen molar-refractivity contribution in [3.05, 3.63) is 12.7 Å². The first-order valence-electron chi connectivity index (χ1n) is 2.76. The molecule has 10 heavy (non-hydrogen) atoms. The molecular weight excluding hydrogens is 169 g/mol. The smallest absolute Gasteiger partial charge is 0.260 e. The highest BCUT2D eigenvalue weighted by atomic mass is 32.5. The zero-order valence-electron chi connectivity index (χ0n) is 6.16. The van der Waals surface area contributed by atoms with Crippen molar-refractivity contribution < 1.29 is 9.05 Å². The van der Waals surface area contributed by atoms with E-state index < -0.39 is 6.64 Å². The number of hydrogen-bond donors (Lipinski definition) is 1. The van der Waals surface area contributed by atoms with Crippen molar-refractivity contribution in [3.63, 3.8) is 0 Å². The van der Waals surface area contributed by atoms with E-state index in [2.05, 4.69) is 11.7 Å². The average Bonchev–Trinajstić information content (AvgIpc) is 2.00. The molecule has 0 saturated carbocycles. The molecule has 0 saturated heterocycles. The molecule has 0 rings (SSSR count). The highest BCUT2D eigenvalue weighted by molar-refractivity contribution is 8.08. The fraction of sp³-hybridized carbons (Fsp3) is 0.600. The van der Waals surface area contributed by atoms with Crippen LogP contribution in [-0.4, -0.2) is 20.8 Å². The molecule has 5 heteroatoms. The van der Waals surface area contributed by atoms with Crippen molar-refractivity contribution in [1.29, 1.82) is 0 Å². The van der Waals surface area contributed by atoms with E-state index >= 15 is 0 Å². The Balaban J connectivity index is 3.81. The molecule has 60 valence electrons. The maximum absolute atomic E-state index is 4.98. The van der Waals surface area contributed by atoms with Crippen molar-refractivity contribution in [2.45, 2.75) is 0 Å². The molecule has 1 N–H and O–H groups in total. The Morgan fingerprint density at radius 1 is 1.60 bits per heavy atom. The molecule has 0 unspecified atom stereocenters. The summed E-state index contributed by atoms with van der Waals surface area (Å²) >= 11 is 4.98. The zero-order chi connectivity index (χ0) is 8.04. The first-order valence-corrected chi connectivity index (χ1v) is 5.40. The molecule has 0 aliphatic heterocycles. The van der Waals surface area contributed by atoms with Gasteiger partial charge in [-0.2, -0.15) is 0 Å². The maximum atomic E-state index is 4.98. The van der Waals surface area contributed by atoms with Gasteiger partial charge in [0.05, 0.1) is 0 Å². The lowest BCUT2D eigenvalue weighted by molar-refractivity contribution is 0.328. The fourth-order valence-electron chi connectivity index (χ4n) is 0.380. The van der Waals surface area contributed by atoms with E-state index in [1.165, 1.54) is 14.2 Å². The maximum Gasteiger partial charge on any atom is 0.260 e. The van der Waals surface area contributed by atoms with Crippen molar-refractivity contribution in [2.24, 2.45) is 0 Å². The highest BCUT2D eigenvalue weighted by Gasteiger charge is 2.11. The van der Waals surface area contributed by atoms with E-state index in [-0.39, 0.29) is 0 Å². The van der Waals surface area contributed by atoms with Crippen LogP contribution in [0.3, 0.4) is 0 Å². The van der Waals surface area contributed by atoms with Crippen LogP contribution in [0.1, 0.15) is 0 Å². The monoisotopic (exact) mass is 181 g/mol. The van der Waals surface area contributed by atoms with Gasteiger partial charge in [0.1, 0.15) is 0 Å². The summed E-state index contributed by atoms with van der Waals surface area (Å²) in [5.74, 6) is 0. The Labute approximate surface area is 66.6 Å². The quantitative estimate of drug-likeness (QED) is 0.511. The summed E-state index contributed by atoms with van der Waals surface area (Å²) in [7, 11) is 3.06. The van der Waals surface area contributed by atoms with E-state index in [9.17, 15) is 0 Å². The standard InChI is InChI=1S/C5H12NO2PS/c1-4-5-6-9(10,7-2)8-3/h4H,1,5H2,2-3H3,(H,6,10). The number of hydrogen-bond acceptors (Lipinski definition) is 3. The molecule has 0 aromatic heterocycles. The summed E-state index contributed by atoms with van der Waals surface area (Å²) in [6.45, 7) is 1.95. The van der Waals surface area contributed by atoms with Gasteiger partial charge >= 0.3 is 0 Å². The van der Waals surface area contributed by atoms with E-state index in [0.717, 1.165) is 0 Å². The fourth-order valence-corrected chi connectivity index (χ4v) is 1.36. The topological polar surface area (TPSA) is 30.5 Å². The number of nitrogens with one attached hydrogen (secondary N) is 1. The Bertz CT molecular complexity index is 143. The van der Waals surface area contributed by atoms with Crippen LogP contribution in [0.2, 0.25) is 0 Å². The van der Waals surface area contributed by atoms with Gasteiger partial charge in [0.2, 0.25) is 0 Å². The van der Waals surface area contributed by atoms with E-state index in [1.807, 2.05) is 0 Å². The second-order valence-corrected chi connectivity index (χ2v) is 5.00. The molecule has 0 aromatic rings. The van der Waals surface area contributed by atoms with E-state index in [4.69, 9.17) is 20.9 Å². The molecule has 0 aliphatic rings. The van der Waals surface area contributed by atoms with Crippen LogP contribution in [0, 0.1) is 0 Å². The van der Waals surface area contributed by atoms with Gasteiger partial charge in [0.15, 0.2) is 0 Å². The lowest BCUT2D eigenvalue weighted by Gasteiger charge is -2.17. The Hall–Kier alpha value is 0.270. The first kappa shape index (κ1) is 10.3. The van der Waals surface area contributed by atoms with Crippen LogP contribution >= 0.6 is 6.64 Å². The van der Waals surface area contributed by atoms with Gasteiger partial charge in [-0.15, -0.1) is 6.58 Å². The molecule has 3 nitrogen and oxygen atoms in total. The van der Waals surface area contributed by atoms with Crippen LogP contribution in [0.15, 0.2) is 12.7 Å². The summed E-state index contributed by atoms with van der Waals surface area (Å²) < 4.78 is 9.87. The summed E-state index contributed by atoms with van der Waals surface area (Å²) in [5.41, 5.74) is 0. The lowest BCUT2D eigenvalue weighted by atomic mass is 10.7. The first-order chi connectivity index (χ1) is 4.68. The molecule has 0 heterocycles. The Morgan fingerprint density at radius 2 is 2.10 bits per heavy atom. The minimum atomic E-state index is -2.19. The third kappa shape index (κ3) is 3.44. The SMILES string of the molecule is C=CCNP(=S)(OC)OC. The van der Waals surface area contributed by atoms with Crippen LogP contribution in [0.5, 0.6) is 0 Å². The average molecular weight is 181 g/mol. The molecular formula is C5H12NO2PS. The third-order valence-electron chi connectivity index (χ3n) is 0.910. The molecule has 0 bridgehead atoms. The molecule has 0 aliphatic carbocycles. The minimum absolute atomic E-state index is 0.610. The van der Waals surface area contributed by atoms with Crippen molar-refractivity contribution in [1.82, 2.24) is 5.09 Å². The normalized spacial score (nSPS) is 11.4. The summed E-state index contributed by atoms with van der Waals surface area (Å²) in [6.07, 6.45) is 1.71. The molecule has 0 aromatic carbocycles. The molecule has 0 atom stereocenters. The zero-order valence-corrected chi connectivity index (χ0v) is 7.87. The van der Waals surface area contributed by atoms with Gasteiger partial charge in [-0.25, -0.2) is 5.09 Å². The van der Waals surface area contributed by atoms with Crippen molar-refractivity contribution in [3.8, 4) is 0 Å². The second-order valence-electron chi connectivity index (χ2n) is 1.51. The Morgan fingerprint density at radius 3 is 2.40 bits per heavy atom. The molecule has 0 fully saturated rings. The van der Waals surface area contributed by atoms with Crippen LogP contribution < -0.4 is 5.09 Å². The minimum Gasteiger partial charge on any atom is -0.321 e. The second kappa shape index (κ2) is 4.99. The van der Waals surface area contributed by atoms with Gasteiger partial charge in [-0.1, -0.05) is 6.08 Å². The van der Waals surface area contributed by atoms with Crippen LogP contribution in [0.4, 0.5) is 0 Å². The molecule has 0 amide bonds. The van der Waals surface area contributed by atoms with Gasteiger partial charge in [0.25, 0.3) is 6.64 Å².